The Bertz CT molecular complexity index is 1490. The maximum absolute atomic E-state index is 14.6. The largest absolute Gasteiger partial charge is 0.432 e. The molecule has 7 aliphatic rings. The summed E-state index contributed by atoms with van der Waals surface area (Å²) in [5.41, 5.74) is -2.97. The van der Waals surface area contributed by atoms with E-state index in [4.69, 9.17) is 18.9 Å². The molecule has 4 saturated carbocycles. The van der Waals surface area contributed by atoms with E-state index in [0.717, 1.165) is 24.8 Å². The molecule has 5 aliphatic carbocycles. The monoisotopic (exact) mass is 782 g/mol. The van der Waals surface area contributed by atoms with Crippen LogP contribution in [0.25, 0.3) is 0 Å². The van der Waals surface area contributed by atoms with E-state index in [0.29, 0.717) is 38.5 Å². The van der Waals surface area contributed by atoms with Crippen molar-refractivity contribution in [1.82, 2.24) is 0 Å². The average Bonchev–Trinajstić information content (AvgIpc) is 3.14. The Hall–Kier alpha value is -1.27. The highest BCUT2D eigenvalue weighted by molar-refractivity contribution is 5.79. The van der Waals surface area contributed by atoms with Crippen LogP contribution in [0.4, 0.5) is 0 Å². The smallest absolute Gasteiger partial charge is 0.315 e. The average molecular weight is 783 g/mol. The Morgan fingerprint density at radius 2 is 1.51 bits per heavy atom. The van der Waals surface area contributed by atoms with E-state index >= 15 is 0 Å². The number of hydrogen-bond acceptors (Lipinski definition) is 14. The normalized spacial score (nSPS) is 56.6. The van der Waals surface area contributed by atoms with Gasteiger partial charge in [0, 0.05) is 11.3 Å². The number of carbonyl (C=O) groups excluding carboxylic acids is 1. The first-order valence-corrected chi connectivity index (χ1v) is 20.5. The zero-order valence-electron chi connectivity index (χ0n) is 33.2. The van der Waals surface area contributed by atoms with Gasteiger partial charge < -0.3 is 64.9 Å². The molecule has 9 N–H and O–H groups in total. The van der Waals surface area contributed by atoms with Crippen LogP contribution in [0.15, 0.2) is 11.6 Å². The summed E-state index contributed by atoms with van der Waals surface area (Å²) in [7, 11) is 0. The number of rotatable bonds is 6. The molecule has 0 aromatic carbocycles. The van der Waals surface area contributed by atoms with Crippen LogP contribution in [0.3, 0.4) is 0 Å². The Labute approximate surface area is 323 Å². The first-order chi connectivity index (χ1) is 25.7. The summed E-state index contributed by atoms with van der Waals surface area (Å²) in [6, 6.07) is 0. The van der Waals surface area contributed by atoms with Crippen molar-refractivity contribution < 1.29 is 69.7 Å². The van der Waals surface area contributed by atoms with Crippen molar-refractivity contribution in [2.75, 3.05) is 19.8 Å². The molecule has 14 heteroatoms. The van der Waals surface area contributed by atoms with Gasteiger partial charge in [0.15, 0.2) is 6.29 Å². The summed E-state index contributed by atoms with van der Waals surface area (Å²) in [6.45, 7) is 11.9. The topological polar surface area (TPSA) is 236 Å². The van der Waals surface area contributed by atoms with Crippen LogP contribution in [0.1, 0.15) is 99.3 Å². The Morgan fingerprint density at radius 1 is 0.818 bits per heavy atom. The lowest BCUT2D eigenvalue weighted by Gasteiger charge is -2.72. The molecule has 0 amide bonds. The van der Waals surface area contributed by atoms with Gasteiger partial charge in [-0.05, 0) is 98.7 Å². The fourth-order valence-corrected chi connectivity index (χ4v) is 13.5. The number of fused-ring (bicyclic) bond motifs is 7. The number of aliphatic hydroxyl groups excluding tert-OH is 8. The molecule has 6 fully saturated rings. The lowest BCUT2D eigenvalue weighted by atomic mass is 9.33. The molecule has 314 valence electrons. The van der Waals surface area contributed by atoms with Gasteiger partial charge in [-0.15, -0.1) is 0 Å². The van der Waals surface area contributed by atoms with Crippen molar-refractivity contribution >= 4 is 5.97 Å². The highest BCUT2D eigenvalue weighted by atomic mass is 16.7. The van der Waals surface area contributed by atoms with E-state index in [1.165, 1.54) is 0 Å². The second kappa shape index (κ2) is 14.2. The van der Waals surface area contributed by atoms with Crippen LogP contribution < -0.4 is 0 Å². The molecule has 0 radical (unpaired) electrons. The number of carbonyl (C=O) groups is 1. The minimum absolute atomic E-state index is 0.0469. The molecule has 2 heterocycles. The van der Waals surface area contributed by atoms with Gasteiger partial charge >= 0.3 is 5.97 Å². The predicted molar refractivity (Wildman–Crippen MR) is 194 cm³/mol. The van der Waals surface area contributed by atoms with Gasteiger partial charge in [0.25, 0.3) is 0 Å². The third-order valence-electron chi connectivity index (χ3n) is 17.4. The van der Waals surface area contributed by atoms with E-state index in [-0.39, 0.29) is 41.8 Å². The molecule has 2 saturated heterocycles. The Kier molecular flexibility index (Phi) is 10.8. The second-order valence-electron chi connectivity index (χ2n) is 19.7. The minimum atomic E-state index is -1.73. The van der Waals surface area contributed by atoms with Crippen LogP contribution in [-0.2, 0) is 23.7 Å². The van der Waals surface area contributed by atoms with E-state index in [9.17, 15) is 50.8 Å². The molecule has 14 nitrogen and oxygen atoms in total. The number of hydrogen-bond donors (Lipinski definition) is 9. The second-order valence-corrected chi connectivity index (χ2v) is 19.7. The van der Waals surface area contributed by atoms with Gasteiger partial charge in [-0.1, -0.05) is 46.3 Å². The third-order valence-corrected chi connectivity index (χ3v) is 17.4. The quantitative estimate of drug-likeness (QED) is 0.104. The fourth-order valence-electron chi connectivity index (χ4n) is 13.5. The minimum Gasteiger partial charge on any atom is -0.432 e. The summed E-state index contributed by atoms with van der Waals surface area (Å²) in [5.74, 6) is -1.14. The standard InChI is InChI=1S/C41H66O14/c1-20-9-14-41(35(50)55-34-31(49)29(47)28(46)23(17-42)53-34)16-15-38(4)21(32(41)40(20,6)51)7-8-25-36(2)12-11-26(54-33-30(48)27(45)22(44)18-52-33)37(3,19-43)24(36)10-13-39(25,38)5/h7,20,22-34,42-49,51H,8-19H2,1-6H3/t20?,22-,23+,24?,25?,26-,27-,28+,29-,30+,31+,32+,33-,34-,36-,37-,38+,39+,40+,41-/m0/s1. The van der Waals surface area contributed by atoms with Gasteiger partial charge in [-0.25, -0.2) is 0 Å². The highest BCUT2D eigenvalue weighted by Crippen LogP contribution is 2.76. The molecule has 0 aromatic rings. The molecule has 0 spiro atoms. The Balaban J connectivity index is 1.20. The third kappa shape index (κ3) is 5.89. The molecular weight excluding hydrogens is 716 g/mol. The molecule has 2 aliphatic heterocycles. The summed E-state index contributed by atoms with van der Waals surface area (Å²) in [5, 5.41) is 96.0. The van der Waals surface area contributed by atoms with Crippen molar-refractivity contribution in [3.63, 3.8) is 0 Å². The van der Waals surface area contributed by atoms with E-state index in [2.05, 4.69) is 26.8 Å². The molecule has 7 rings (SSSR count). The summed E-state index contributed by atoms with van der Waals surface area (Å²) >= 11 is 0. The van der Waals surface area contributed by atoms with Gasteiger partial charge in [-0.3, -0.25) is 4.79 Å². The van der Waals surface area contributed by atoms with E-state index in [1.807, 2.05) is 20.8 Å². The fraction of sp³-hybridized carbons (Fsp3) is 0.927. The van der Waals surface area contributed by atoms with Crippen molar-refractivity contribution in [2.24, 2.45) is 50.7 Å². The molecule has 55 heavy (non-hydrogen) atoms. The number of aliphatic hydroxyl groups is 9. The first-order valence-electron chi connectivity index (χ1n) is 20.5. The maximum Gasteiger partial charge on any atom is 0.315 e. The summed E-state index contributed by atoms with van der Waals surface area (Å²) in [4.78, 5) is 14.6. The molecule has 0 bridgehead atoms. The SMILES string of the molecule is CC1CC[C@]2(C(=O)O[C@@H]3O[C@H](CO)[C@@H](O)[C@H](O)[C@H]3O)CC[C@]3(C)C(=CCC4[C@@]5(C)CC[C@H](O[C@@H]6OC[C@H](O)[C@H](O)[C@H]6O)[C@@](C)(CO)C5CC[C@]43C)[C@@H]2[C@]1(C)O. The summed E-state index contributed by atoms with van der Waals surface area (Å²) in [6.07, 6.45) is -5.44. The van der Waals surface area contributed by atoms with Crippen LogP contribution in [0, 0.1) is 50.7 Å². The first kappa shape index (κ1) is 41.9. The van der Waals surface area contributed by atoms with Crippen molar-refractivity contribution in [3.05, 3.63) is 11.6 Å². The van der Waals surface area contributed by atoms with Crippen molar-refractivity contribution in [2.45, 2.75) is 166 Å². The predicted octanol–water partition coefficient (Wildman–Crippen LogP) is 0.899. The van der Waals surface area contributed by atoms with Crippen LogP contribution in [-0.4, -0.2) is 139 Å². The number of esters is 1. The lowest BCUT2D eigenvalue weighted by Crippen LogP contribution is -2.69. The van der Waals surface area contributed by atoms with E-state index in [1.54, 1.807) is 0 Å². The highest BCUT2D eigenvalue weighted by Gasteiger charge is 2.72. The summed E-state index contributed by atoms with van der Waals surface area (Å²) < 4.78 is 23.5. The van der Waals surface area contributed by atoms with Gasteiger partial charge in [-0.2, -0.15) is 0 Å². The van der Waals surface area contributed by atoms with Gasteiger partial charge in [0.1, 0.15) is 42.7 Å². The zero-order valence-corrected chi connectivity index (χ0v) is 33.2. The Morgan fingerprint density at radius 3 is 2.18 bits per heavy atom. The zero-order chi connectivity index (χ0) is 40.3. The molecule has 3 unspecified atom stereocenters. The van der Waals surface area contributed by atoms with Crippen LogP contribution >= 0.6 is 0 Å². The van der Waals surface area contributed by atoms with Crippen LogP contribution in [0.2, 0.25) is 0 Å². The van der Waals surface area contributed by atoms with Crippen molar-refractivity contribution in [3.8, 4) is 0 Å². The molecule has 0 aromatic heterocycles. The maximum atomic E-state index is 14.6. The van der Waals surface area contributed by atoms with Crippen LogP contribution in [0.5, 0.6) is 0 Å². The van der Waals surface area contributed by atoms with Gasteiger partial charge in [0.05, 0.1) is 36.9 Å². The molecular formula is C41H66O14. The molecule has 20 atom stereocenters. The number of allylic oxidation sites excluding steroid dienone is 1. The van der Waals surface area contributed by atoms with Gasteiger partial charge in [0.2, 0.25) is 6.29 Å². The van der Waals surface area contributed by atoms with E-state index < -0.39 is 102 Å². The van der Waals surface area contributed by atoms with Crippen molar-refractivity contribution in [1.29, 1.82) is 0 Å². The lowest BCUT2D eigenvalue weighted by molar-refractivity contribution is -0.313. The number of ether oxygens (including phenoxy) is 4.